The molecular weight excluding hydrogens is 195 g/mol. The minimum atomic E-state index is -3.67. The monoisotopic (exact) mass is 210 g/mol. The van der Waals surface area contributed by atoms with Crippen molar-refractivity contribution in [3.8, 4) is 0 Å². The standard InChI is InChI=1S/C7H15O5P/c1-4-5-6-12-7(8)13(9,10-2)11-3/h4-6H2,1-3H3. The maximum Gasteiger partial charge on any atom is 0.437 e. The van der Waals surface area contributed by atoms with Crippen molar-refractivity contribution in [2.75, 3.05) is 20.8 Å². The molecule has 0 aromatic carbocycles. The summed E-state index contributed by atoms with van der Waals surface area (Å²) in [5.41, 5.74) is -0.925. The van der Waals surface area contributed by atoms with Crippen LogP contribution in [0.2, 0.25) is 0 Å². The fourth-order valence-electron chi connectivity index (χ4n) is 0.606. The van der Waals surface area contributed by atoms with Crippen molar-refractivity contribution >= 4 is 13.3 Å². The van der Waals surface area contributed by atoms with E-state index in [-0.39, 0.29) is 6.61 Å². The second-order valence-electron chi connectivity index (χ2n) is 2.33. The molecule has 0 radical (unpaired) electrons. The Morgan fingerprint density at radius 2 is 1.85 bits per heavy atom. The molecule has 0 bridgehead atoms. The Morgan fingerprint density at radius 1 is 1.31 bits per heavy atom. The smallest absolute Gasteiger partial charge is 0.437 e. The zero-order valence-corrected chi connectivity index (χ0v) is 9.00. The lowest BCUT2D eigenvalue weighted by Gasteiger charge is -2.11. The molecule has 0 spiro atoms. The Labute approximate surface area is 77.9 Å². The molecule has 0 N–H and O–H groups in total. The minimum absolute atomic E-state index is 0.242. The van der Waals surface area contributed by atoms with E-state index in [1.165, 1.54) is 0 Å². The molecule has 0 aliphatic carbocycles. The molecule has 13 heavy (non-hydrogen) atoms. The van der Waals surface area contributed by atoms with Crippen molar-refractivity contribution < 1.29 is 23.1 Å². The fourth-order valence-corrected chi connectivity index (χ4v) is 1.30. The Hall–Kier alpha value is -0.380. The first-order valence-electron chi connectivity index (χ1n) is 3.99. The van der Waals surface area contributed by atoms with Gasteiger partial charge in [-0.15, -0.1) is 0 Å². The Bertz CT molecular complexity index is 195. The maximum atomic E-state index is 11.3. The van der Waals surface area contributed by atoms with Gasteiger partial charge in [-0.3, -0.25) is 0 Å². The third-order valence-corrected chi connectivity index (χ3v) is 2.97. The van der Waals surface area contributed by atoms with E-state index < -0.39 is 13.3 Å². The first-order chi connectivity index (χ1) is 6.10. The molecular formula is C7H15O5P. The van der Waals surface area contributed by atoms with Crippen LogP contribution in [0.5, 0.6) is 0 Å². The molecule has 0 saturated heterocycles. The van der Waals surface area contributed by atoms with Crippen LogP contribution in [-0.2, 0) is 18.3 Å². The average molecular weight is 210 g/mol. The number of unbranched alkanes of at least 4 members (excludes halogenated alkanes) is 1. The fraction of sp³-hybridized carbons (Fsp3) is 0.857. The highest BCUT2D eigenvalue weighted by Crippen LogP contribution is 2.48. The summed E-state index contributed by atoms with van der Waals surface area (Å²) >= 11 is 0. The van der Waals surface area contributed by atoms with Gasteiger partial charge in [0.1, 0.15) is 0 Å². The lowest BCUT2D eigenvalue weighted by atomic mass is 10.4. The van der Waals surface area contributed by atoms with Crippen molar-refractivity contribution in [1.82, 2.24) is 0 Å². The zero-order chi connectivity index (χ0) is 10.3. The van der Waals surface area contributed by atoms with Crippen LogP contribution in [0.15, 0.2) is 0 Å². The molecule has 0 aromatic heterocycles. The molecule has 0 unspecified atom stereocenters. The van der Waals surface area contributed by atoms with E-state index in [4.69, 9.17) is 0 Å². The minimum Gasteiger partial charge on any atom is -0.457 e. The van der Waals surface area contributed by atoms with Crippen molar-refractivity contribution in [3.05, 3.63) is 0 Å². The second-order valence-corrected chi connectivity index (χ2v) is 4.42. The predicted octanol–water partition coefficient (Wildman–Crippen LogP) is 2.41. The topological polar surface area (TPSA) is 61.8 Å². The SMILES string of the molecule is CCCCOC(=O)P(=O)(OC)OC. The quantitative estimate of drug-likeness (QED) is 0.497. The van der Waals surface area contributed by atoms with E-state index in [1.54, 1.807) is 0 Å². The van der Waals surface area contributed by atoms with Crippen LogP contribution in [0.1, 0.15) is 19.8 Å². The average Bonchev–Trinajstić information content (AvgIpc) is 2.17. The Balaban J connectivity index is 4.01. The third kappa shape index (κ3) is 3.89. The first kappa shape index (κ1) is 12.6. The summed E-state index contributed by atoms with van der Waals surface area (Å²) in [6.07, 6.45) is 1.64. The van der Waals surface area contributed by atoms with E-state index in [0.717, 1.165) is 27.1 Å². The maximum absolute atomic E-state index is 11.3. The summed E-state index contributed by atoms with van der Waals surface area (Å²) in [6.45, 7) is 2.20. The third-order valence-electron chi connectivity index (χ3n) is 1.43. The Morgan fingerprint density at radius 3 is 2.23 bits per heavy atom. The van der Waals surface area contributed by atoms with Crippen LogP contribution >= 0.6 is 7.60 Å². The van der Waals surface area contributed by atoms with Gasteiger partial charge < -0.3 is 13.8 Å². The molecule has 0 heterocycles. The molecule has 0 aliphatic rings. The summed E-state index contributed by atoms with van der Waals surface area (Å²) in [6, 6.07) is 0. The number of hydrogen-bond acceptors (Lipinski definition) is 5. The lowest BCUT2D eigenvalue weighted by molar-refractivity contribution is 0.155. The largest absolute Gasteiger partial charge is 0.457 e. The summed E-state index contributed by atoms with van der Waals surface area (Å²) in [5, 5.41) is 0. The number of carbonyl (C=O) groups is 1. The first-order valence-corrected chi connectivity index (χ1v) is 5.53. The molecule has 5 nitrogen and oxygen atoms in total. The number of carbonyl (C=O) groups excluding carboxylic acids is 1. The van der Waals surface area contributed by atoms with Crippen LogP contribution in [0, 0.1) is 0 Å². The van der Waals surface area contributed by atoms with Crippen molar-refractivity contribution in [2.45, 2.75) is 19.8 Å². The Kier molecular flexibility index (Phi) is 5.95. The molecule has 0 atom stereocenters. The molecule has 0 saturated carbocycles. The van der Waals surface area contributed by atoms with E-state index in [2.05, 4.69) is 13.8 Å². The number of hydrogen-bond donors (Lipinski definition) is 0. The molecule has 0 aliphatic heterocycles. The number of ether oxygens (including phenoxy) is 1. The molecule has 78 valence electrons. The van der Waals surface area contributed by atoms with Gasteiger partial charge in [0.2, 0.25) is 0 Å². The van der Waals surface area contributed by atoms with Crippen molar-refractivity contribution in [3.63, 3.8) is 0 Å². The van der Waals surface area contributed by atoms with Crippen LogP contribution < -0.4 is 0 Å². The van der Waals surface area contributed by atoms with Crippen molar-refractivity contribution in [1.29, 1.82) is 0 Å². The summed E-state index contributed by atoms with van der Waals surface area (Å²) in [5.74, 6) is 0. The van der Waals surface area contributed by atoms with Crippen LogP contribution in [0.25, 0.3) is 0 Å². The van der Waals surface area contributed by atoms with Gasteiger partial charge in [-0.05, 0) is 6.42 Å². The molecule has 6 heteroatoms. The van der Waals surface area contributed by atoms with Crippen LogP contribution in [0.4, 0.5) is 4.79 Å². The predicted molar refractivity (Wildman–Crippen MR) is 47.9 cm³/mol. The van der Waals surface area contributed by atoms with Gasteiger partial charge in [-0.25, -0.2) is 9.36 Å². The van der Waals surface area contributed by atoms with Gasteiger partial charge in [0.25, 0.3) is 0 Å². The number of rotatable bonds is 6. The van der Waals surface area contributed by atoms with Crippen molar-refractivity contribution in [2.24, 2.45) is 0 Å². The molecule has 0 aromatic rings. The molecule has 0 rings (SSSR count). The van der Waals surface area contributed by atoms with Gasteiger partial charge in [-0.1, -0.05) is 13.3 Å². The lowest BCUT2D eigenvalue weighted by Crippen LogP contribution is -2.07. The highest BCUT2D eigenvalue weighted by Gasteiger charge is 2.34. The zero-order valence-electron chi connectivity index (χ0n) is 8.11. The highest BCUT2D eigenvalue weighted by atomic mass is 31.2. The van der Waals surface area contributed by atoms with Crippen LogP contribution in [0.3, 0.4) is 0 Å². The second kappa shape index (κ2) is 6.13. The molecule has 0 fully saturated rings. The summed E-state index contributed by atoms with van der Waals surface area (Å²) < 4.78 is 24.9. The van der Waals surface area contributed by atoms with E-state index in [1.807, 2.05) is 6.92 Å². The van der Waals surface area contributed by atoms with Crippen LogP contribution in [-0.4, -0.2) is 26.5 Å². The highest BCUT2D eigenvalue weighted by molar-refractivity contribution is 7.71. The van der Waals surface area contributed by atoms with Gasteiger partial charge >= 0.3 is 13.3 Å². The normalized spacial score (nSPS) is 11.3. The van der Waals surface area contributed by atoms with E-state index in [9.17, 15) is 9.36 Å². The van der Waals surface area contributed by atoms with E-state index >= 15 is 0 Å². The molecule has 0 amide bonds. The summed E-state index contributed by atoms with van der Waals surface area (Å²) in [7, 11) is -1.39. The van der Waals surface area contributed by atoms with Gasteiger partial charge in [0, 0.05) is 14.2 Å². The van der Waals surface area contributed by atoms with E-state index in [0.29, 0.717) is 0 Å². The summed E-state index contributed by atoms with van der Waals surface area (Å²) in [4.78, 5) is 11.1. The van der Waals surface area contributed by atoms with Gasteiger partial charge in [0.05, 0.1) is 6.61 Å². The van der Waals surface area contributed by atoms with Gasteiger partial charge in [-0.2, -0.15) is 0 Å². The van der Waals surface area contributed by atoms with Gasteiger partial charge in [0.15, 0.2) is 0 Å².